The Bertz CT molecular complexity index is 280. The topological polar surface area (TPSA) is 69.6 Å². The number of carbonyl (C=O) groups is 2. The highest BCUT2D eigenvalue weighted by molar-refractivity contribution is 5.74. The van der Waals surface area contributed by atoms with Gasteiger partial charge in [0.25, 0.3) is 0 Å². The van der Waals surface area contributed by atoms with Gasteiger partial charge in [-0.25, -0.2) is 4.79 Å². The molecule has 0 saturated heterocycles. The maximum Gasteiger partial charge on any atom is 0.317 e. The number of nitrogens with one attached hydrogen (secondary N) is 1. The lowest BCUT2D eigenvalue weighted by atomic mass is 9.97. The predicted octanol–water partition coefficient (Wildman–Crippen LogP) is 2.71. The van der Waals surface area contributed by atoms with E-state index in [1.54, 1.807) is 4.90 Å². The second-order valence-corrected chi connectivity index (χ2v) is 5.11. The Morgan fingerprint density at radius 1 is 1.21 bits per heavy atom. The summed E-state index contributed by atoms with van der Waals surface area (Å²) in [7, 11) is 0. The van der Waals surface area contributed by atoms with E-state index in [4.69, 9.17) is 5.11 Å². The number of hydrogen-bond donors (Lipinski definition) is 2. The number of nitrogens with zero attached hydrogens (tertiary/aromatic N) is 1. The van der Waals surface area contributed by atoms with Crippen molar-refractivity contribution in [2.75, 3.05) is 13.1 Å². The summed E-state index contributed by atoms with van der Waals surface area (Å²) in [5.41, 5.74) is 0. The van der Waals surface area contributed by atoms with Gasteiger partial charge in [0.2, 0.25) is 0 Å². The van der Waals surface area contributed by atoms with Crippen LogP contribution in [-0.4, -0.2) is 41.1 Å². The van der Waals surface area contributed by atoms with E-state index in [1.165, 1.54) is 0 Å². The maximum absolute atomic E-state index is 11.9. The average molecular weight is 272 g/mol. The normalized spacial score (nSPS) is 12.3. The van der Waals surface area contributed by atoms with Crippen LogP contribution < -0.4 is 5.32 Å². The standard InChI is InChI=1S/C14H28N2O3/c1-5-12(7-8-13(17)18)9-10-15-14(19)16(6-2)11(3)4/h11-12H,5-10H2,1-4H3,(H,15,19)(H,17,18). The Balaban J connectivity index is 3.98. The lowest BCUT2D eigenvalue weighted by Gasteiger charge is -2.25. The van der Waals surface area contributed by atoms with Gasteiger partial charge < -0.3 is 15.3 Å². The highest BCUT2D eigenvalue weighted by Crippen LogP contribution is 2.14. The average Bonchev–Trinajstić information content (AvgIpc) is 2.33. The summed E-state index contributed by atoms with van der Waals surface area (Å²) in [6.45, 7) is 9.30. The summed E-state index contributed by atoms with van der Waals surface area (Å²) in [5, 5.41) is 11.6. The lowest BCUT2D eigenvalue weighted by Crippen LogP contribution is -2.44. The minimum Gasteiger partial charge on any atom is -0.481 e. The van der Waals surface area contributed by atoms with Crippen molar-refractivity contribution in [2.45, 2.75) is 59.4 Å². The molecule has 1 atom stereocenters. The van der Waals surface area contributed by atoms with Gasteiger partial charge in [-0.15, -0.1) is 0 Å². The van der Waals surface area contributed by atoms with Crippen molar-refractivity contribution in [3.05, 3.63) is 0 Å². The molecule has 5 heteroatoms. The molecule has 0 aromatic heterocycles. The van der Waals surface area contributed by atoms with Crippen LogP contribution in [-0.2, 0) is 4.79 Å². The van der Waals surface area contributed by atoms with Crippen LogP contribution in [0.4, 0.5) is 4.79 Å². The van der Waals surface area contributed by atoms with E-state index in [2.05, 4.69) is 12.2 Å². The number of aliphatic carboxylic acids is 1. The summed E-state index contributed by atoms with van der Waals surface area (Å²) in [5.74, 6) is -0.384. The molecule has 2 amide bonds. The Morgan fingerprint density at radius 2 is 1.84 bits per heavy atom. The van der Waals surface area contributed by atoms with Crippen molar-refractivity contribution in [3.8, 4) is 0 Å². The molecule has 5 nitrogen and oxygen atoms in total. The van der Waals surface area contributed by atoms with Crippen LogP contribution >= 0.6 is 0 Å². The third kappa shape index (κ3) is 7.70. The number of rotatable bonds is 9. The van der Waals surface area contributed by atoms with Gasteiger partial charge in [-0.3, -0.25) is 4.79 Å². The molecule has 0 saturated carbocycles. The summed E-state index contributed by atoms with van der Waals surface area (Å²) in [6.07, 6.45) is 2.68. The maximum atomic E-state index is 11.9. The van der Waals surface area contributed by atoms with Gasteiger partial charge in [0.15, 0.2) is 0 Å². The Labute approximate surface area is 116 Å². The third-order valence-corrected chi connectivity index (χ3v) is 3.40. The molecule has 0 aliphatic carbocycles. The van der Waals surface area contributed by atoms with Crippen LogP contribution in [0.5, 0.6) is 0 Å². The fraction of sp³-hybridized carbons (Fsp3) is 0.857. The second-order valence-electron chi connectivity index (χ2n) is 5.11. The van der Waals surface area contributed by atoms with Gasteiger partial charge >= 0.3 is 12.0 Å². The molecule has 0 spiro atoms. The fourth-order valence-corrected chi connectivity index (χ4v) is 2.11. The van der Waals surface area contributed by atoms with Gasteiger partial charge in [0, 0.05) is 25.6 Å². The lowest BCUT2D eigenvalue weighted by molar-refractivity contribution is -0.137. The van der Waals surface area contributed by atoms with E-state index in [-0.39, 0.29) is 18.5 Å². The van der Waals surface area contributed by atoms with Crippen LogP contribution in [0.3, 0.4) is 0 Å². The zero-order chi connectivity index (χ0) is 14.8. The number of hydrogen-bond acceptors (Lipinski definition) is 2. The summed E-state index contributed by atoms with van der Waals surface area (Å²) in [4.78, 5) is 24.2. The Hall–Kier alpha value is -1.26. The number of carbonyl (C=O) groups excluding carboxylic acids is 1. The number of carboxylic acid groups (broad SMARTS) is 1. The smallest absolute Gasteiger partial charge is 0.317 e. The van der Waals surface area contributed by atoms with Gasteiger partial charge in [0.1, 0.15) is 0 Å². The van der Waals surface area contributed by atoms with Crippen molar-refractivity contribution >= 4 is 12.0 Å². The summed E-state index contributed by atoms with van der Waals surface area (Å²) >= 11 is 0. The minimum absolute atomic E-state index is 0.0365. The van der Waals surface area contributed by atoms with Gasteiger partial charge in [-0.1, -0.05) is 13.3 Å². The van der Waals surface area contributed by atoms with Crippen LogP contribution in [0.25, 0.3) is 0 Å². The molecule has 0 bridgehead atoms. The first-order chi connectivity index (χ1) is 8.92. The van der Waals surface area contributed by atoms with Gasteiger partial charge in [0.05, 0.1) is 0 Å². The largest absolute Gasteiger partial charge is 0.481 e. The molecule has 0 heterocycles. The molecular weight excluding hydrogens is 244 g/mol. The third-order valence-electron chi connectivity index (χ3n) is 3.40. The minimum atomic E-state index is -0.751. The number of urea groups is 1. The number of amides is 2. The van der Waals surface area contributed by atoms with Crippen LogP contribution in [0.15, 0.2) is 0 Å². The molecule has 2 N–H and O–H groups in total. The monoisotopic (exact) mass is 272 g/mol. The molecular formula is C14H28N2O3. The molecule has 0 rings (SSSR count). The first kappa shape index (κ1) is 17.7. The molecule has 112 valence electrons. The van der Waals surface area contributed by atoms with E-state index < -0.39 is 5.97 Å². The molecule has 0 fully saturated rings. The molecule has 19 heavy (non-hydrogen) atoms. The molecule has 1 unspecified atom stereocenters. The second kappa shape index (κ2) is 9.64. The van der Waals surface area contributed by atoms with Crippen molar-refractivity contribution in [1.29, 1.82) is 0 Å². The molecule has 0 radical (unpaired) electrons. The Kier molecular flexibility index (Phi) is 9.00. The molecule has 0 aromatic carbocycles. The highest BCUT2D eigenvalue weighted by atomic mass is 16.4. The van der Waals surface area contributed by atoms with Crippen LogP contribution in [0, 0.1) is 5.92 Å². The van der Waals surface area contributed by atoms with E-state index >= 15 is 0 Å². The summed E-state index contributed by atoms with van der Waals surface area (Å²) in [6, 6.07) is 0.157. The van der Waals surface area contributed by atoms with Crippen LogP contribution in [0.1, 0.15) is 53.4 Å². The van der Waals surface area contributed by atoms with Crippen LogP contribution in [0.2, 0.25) is 0 Å². The van der Waals surface area contributed by atoms with Gasteiger partial charge in [-0.2, -0.15) is 0 Å². The zero-order valence-corrected chi connectivity index (χ0v) is 12.6. The van der Waals surface area contributed by atoms with E-state index in [1.807, 2.05) is 20.8 Å². The summed E-state index contributed by atoms with van der Waals surface area (Å²) < 4.78 is 0. The molecule has 0 aliphatic rings. The van der Waals surface area contributed by atoms with Crippen molar-refractivity contribution in [3.63, 3.8) is 0 Å². The van der Waals surface area contributed by atoms with E-state index in [0.29, 0.717) is 25.4 Å². The fourth-order valence-electron chi connectivity index (χ4n) is 2.11. The highest BCUT2D eigenvalue weighted by Gasteiger charge is 2.15. The van der Waals surface area contributed by atoms with Gasteiger partial charge in [-0.05, 0) is 39.5 Å². The SMILES string of the molecule is CCC(CCNC(=O)N(CC)C(C)C)CCC(=O)O. The van der Waals surface area contributed by atoms with E-state index in [0.717, 1.165) is 12.8 Å². The van der Waals surface area contributed by atoms with Crippen molar-refractivity contribution in [1.82, 2.24) is 10.2 Å². The Morgan fingerprint density at radius 3 is 2.26 bits per heavy atom. The first-order valence-electron chi connectivity index (χ1n) is 7.18. The molecule has 0 aliphatic heterocycles. The first-order valence-corrected chi connectivity index (χ1v) is 7.18. The predicted molar refractivity (Wildman–Crippen MR) is 76.2 cm³/mol. The molecule has 0 aromatic rings. The van der Waals surface area contributed by atoms with Crippen molar-refractivity contribution < 1.29 is 14.7 Å². The number of carboxylic acids is 1. The van der Waals surface area contributed by atoms with Crippen molar-refractivity contribution in [2.24, 2.45) is 5.92 Å². The quantitative estimate of drug-likeness (QED) is 0.678. The zero-order valence-electron chi connectivity index (χ0n) is 12.6. The van der Waals surface area contributed by atoms with E-state index in [9.17, 15) is 9.59 Å².